The fourth-order valence-electron chi connectivity index (χ4n) is 2.48. The molecule has 2 aromatic rings. The molecule has 0 saturated heterocycles. The molecule has 1 aromatic heterocycles. The second-order valence-electron chi connectivity index (χ2n) is 5.10. The Hall–Kier alpha value is -1.32. The Balaban J connectivity index is 2.26. The maximum absolute atomic E-state index is 13.4. The zero-order valence-electron chi connectivity index (χ0n) is 12.5. The van der Waals surface area contributed by atoms with E-state index in [1.807, 2.05) is 6.07 Å². The van der Waals surface area contributed by atoms with Gasteiger partial charge in [0.25, 0.3) is 0 Å². The Morgan fingerprint density at radius 3 is 2.81 bits per heavy atom. The van der Waals surface area contributed by atoms with E-state index in [2.05, 4.69) is 19.2 Å². The van der Waals surface area contributed by atoms with E-state index in [-0.39, 0.29) is 11.9 Å². The van der Waals surface area contributed by atoms with Crippen molar-refractivity contribution in [1.82, 2.24) is 5.32 Å². The lowest BCUT2D eigenvalue weighted by Gasteiger charge is -2.19. The molecular formula is C17H21ClFNO. The van der Waals surface area contributed by atoms with Gasteiger partial charge in [0.2, 0.25) is 0 Å². The summed E-state index contributed by atoms with van der Waals surface area (Å²) in [4.78, 5) is 0. The second-order valence-corrected chi connectivity index (χ2v) is 5.51. The van der Waals surface area contributed by atoms with Gasteiger partial charge in [0, 0.05) is 23.0 Å². The van der Waals surface area contributed by atoms with Crippen molar-refractivity contribution >= 4 is 11.6 Å². The van der Waals surface area contributed by atoms with E-state index in [9.17, 15) is 4.39 Å². The van der Waals surface area contributed by atoms with E-state index >= 15 is 0 Å². The lowest BCUT2D eigenvalue weighted by Crippen LogP contribution is -2.24. The highest BCUT2D eigenvalue weighted by molar-refractivity contribution is 6.31. The van der Waals surface area contributed by atoms with Crippen LogP contribution in [0.15, 0.2) is 34.9 Å². The van der Waals surface area contributed by atoms with E-state index in [0.29, 0.717) is 11.4 Å². The number of aryl methyl sites for hydroxylation is 1. The third kappa shape index (κ3) is 4.08. The molecule has 0 saturated carbocycles. The van der Waals surface area contributed by atoms with Crippen LogP contribution in [0, 0.1) is 5.82 Å². The van der Waals surface area contributed by atoms with E-state index in [1.165, 1.54) is 12.1 Å². The Bertz CT molecular complexity index is 582. The monoisotopic (exact) mass is 309 g/mol. The standard InChI is InChI=1S/C17H21ClFNO/c1-3-8-20-16(14-7-9-21-17(14)4-2)11-12-10-13(19)5-6-15(12)18/h5-7,9-10,16,20H,3-4,8,11H2,1-2H3. The molecular weight excluding hydrogens is 289 g/mol. The topological polar surface area (TPSA) is 25.2 Å². The maximum Gasteiger partial charge on any atom is 0.123 e. The van der Waals surface area contributed by atoms with Crippen LogP contribution in [0.4, 0.5) is 4.39 Å². The molecule has 1 unspecified atom stereocenters. The Morgan fingerprint density at radius 2 is 2.10 bits per heavy atom. The molecule has 0 radical (unpaired) electrons. The summed E-state index contributed by atoms with van der Waals surface area (Å²) in [6.45, 7) is 5.08. The number of hydrogen-bond donors (Lipinski definition) is 1. The van der Waals surface area contributed by atoms with Crippen LogP contribution >= 0.6 is 11.6 Å². The zero-order valence-corrected chi connectivity index (χ0v) is 13.2. The van der Waals surface area contributed by atoms with Crippen molar-refractivity contribution in [2.45, 2.75) is 39.2 Å². The smallest absolute Gasteiger partial charge is 0.123 e. The molecule has 1 heterocycles. The largest absolute Gasteiger partial charge is 0.469 e. The first kappa shape index (κ1) is 16.1. The molecule has 0 aliphatic rings. The number of halogens is 2. The molecule has 0 spiro atoms. The van der Waals surface area contributed by atoms with Crippen molar-refractivity contribution in [2.75, 3.05) is 6.54 Å². The molecule has 2 nitrogen and oxygen atoms in total. The van der Waals surface area contributed by atoms with E-state index < -0.39 is 0 Å². The number of hydrogen-bond acceptors (Lipinski definition) is 2. The minimum atomic E-state index is -0.258. The van der Waals surface area contributed by atoms with E-state index in [0.717, 1.165) is 36.3 Å². The van der Waals surface area contributed by atoms with E-state index in [4.69, 9.17) is 16.0 Å². The van der Waals surface area contributed by atoms with Gasteiger partial charge in [-0.2, -0.15) is 0 Å². The minimum absolute atomic E-state index is 0.0814. The van der Waals surface area contributed by atoms with Gasteiger partial charge < -0.3 is 9.73 Å². The highest BCUT2D eigenvalue weighted by Crippen LogP contribution is 2.27. The number of benzene rings is 1. The average Bonchev–Trinajstić information content (AvgIpc) is 2.95. The third-order valence-corrected chi connectivity index (χ3v) is 3.92. The lowest BCUT2D eigenvalue weighted by molar-refractivity contribution is 0.481. The number of nitrogens with one attached hydrogen (secondary N) is 1. The van der Waals surface area contributed by atoms with Gasteiger partial charge in [-0.1, -0.05) is 25.4 Å². The molecule has 0 aliphatic carbocycles. The molecule has 2 rings (SSSR count). The maximum atomic E-state index is 13.4. The van der Waals surface area contributed by atoms with Gasteiger partial charge in [-0.15, -0.1) is 0 Å². The average molecular weight is 310 g/mol. The first-order chi connectivity index (χ1) is 10.2. The summed E-state index contributed by atoms with van der Waals surface area (Å²) in [5, 5.41) is 4.10. The summed E-state index contributed by atoms with van der Waals surface area (Å²) in [6.07, 6.45) is 4.22. The molecule has 1 aromatic carbocycles. The van der Waals surface area contributed by atoms with Gasteiger partial charge in [-0.05, 0) is 49.2 Å². The zero-order chi connectivity index (χ0) is 15.2. The molecule has 4 heteroatoms. The Kier molecular flexibility index (Phi) is 5.83. The molecule has 21 heavy (non-hydrogen) atoms. The third-order valence-electron chi connectivity index (χ3n) is 3.55. The molecule has 1 N–H and O–H groups in total. The second kappa shape index (κ2) is 7.62. The Morgan fingerprint density at radius 1 is 1.29 bits per heavy atom. The molecule has 0 fully saturated rings. The predicted molar refractivity (Wildman–Crippen MR) is 84.2 cm³/mol. The highest BCUT2D eigenvalue weighted by Gasteiger charge is 2.18. The number of rotatable bonds is 7. The summed E-state index contributed by atoms with van der Waals surface area (Å²) in [5.41, 5.74) is 1.94. The first-order valence-electron chi connectivity index (χ1n) is 7.39. The SMILES string of the molecule is CCCNC(Cc1cc(F)ccc1Cl)c1ccoc1CC. The first-order valence-corrected chi connectivity index (χ1v) is 7.77. The van der Waals surface area contributed by atoms with Crippen LogP contribution in [0.5, 0.6) is 0 Å². The van der Waals surface area contributed by atoms with Crippen molar-refractivity contribution in [3.05, 3.63) is 58.3 Å². The molecule has 0 bridgehead atoms. The van der Waals surface area contributed by atoms with Crippen LogP contribution in [0.3, 0.4) is 0 Å². The summed E-state index contributed by atoms with van der Waals surface area (Å²) in [6, 6.07) is 6.57. The summed E-state index contributed by atoms with van der Waals surface area (Å²) >= 11 is 6.19. The highest BCUT2D eigenvalue weighted by atomic mass is 35.5. The lowest BCUT2D eigenvalue weighted by atomic mass is 9.98. The summed E-state index contributed by atoms with van der Waals surface area (Å²) < 4.78 is 19.0. The van der Waals surface area contributed by atoms with Gasteiger partial charge in [-0.25, -0.2) is 4.39 Å². The van der Waals surface area contributed by atoms with Crippen LogP contribution in [0.1, 0.15) is 43.2 Å². The van der Waals surface area contributed by atoms with Crippen molar-refractivity contribution in [2.24, 2.45) is 0 Å². The van der Waals surface area contributed by atoms with Gasteiger partial charge in [0.05, 0.1) is 6.26 Å². The number of furan rings is 1. The van der Waals surface area contributed by atoms with Gasteiger partial charge >= 0.3 is 0 Å². The van der Waals surface area contributed by atoms with Crippen molar-refractivity contribution in [1.29, 1.82) is 0 Å². The van der Waals surface area contributed by atoms with Gasteiger partial charge in [-0.3, -0.25) is 0 Å². The Labute approximate surface area is 130 Å². The van der Waals surface area contributed by atoms with Crippen molar-refractivity contribution in [3.8, 4) is 0 Å². The van der Waals surface area contributed by atoms with Crippen LogP contribution < -0.4 is 5.32 Å². The normalized spacial score (nSPS) is 12.6. The molecule has 114 valence electrons. The molecule has 1 atom stereocenters. The fraction of sp³-hybridized carbons (Fsp3) is 0.412. The van der Waals surface area contributed by atoms with Crippen LogP contribution in [0.2, 0.25) is 5.02 Å². The quantitative estimate of drug-likeness (QED) is 0.785. The van der Waals surface area contributed by atoms with Crippen LogP contribution in [-0.2, 0) is 12.8 Å². The summed E-state index contributed by atoms with van der Waals surface area (Å²) in [7, 11) is 0. The van der Waals surface area contributed by atoms with Gasteiger partial charge in [0.15, 0.2) is 0 Å². The molecule has 0 amide bonds. The van der Waals surface area contributed by atoms with Gasteiger partial charge in [0.1, 0.15) is 11.6 Å². The fourth-order valence-corrected chi connectivity index (χ4v) is 2.67. The van der Waals surface area contributed by atoms with Crippen LogP contribution in [0.25, 0.3) is 0 Å². The summed E-state index contributed by atoms with van der Waals surface area (Å²) in [5.74, 6) is 0.711. The van der Waals surface area contributed by atoms with E-state index in [1.54, 1.807) is 12.3 Å². The van der Waals surface area contributed by atoms with Crippen LogP contribution in [-0.4, -0.2) is 6.54 Å². The van der Waals surface area contributed by atoms with Crippen molar-refractivity contribution in [3.63, 3.8) is 0 Å². The predicted octanol–water partition coefficient (Wildman–Crippen LogP) is 4.92. The minimum Gasteiger partial charge on any atom is -0.469 e. The van der Waals surface area contributed by atoms with Crippen molar-refractivity contribution < 1.29 is 8.81 Å². The molecule has 0 aliphatic heterocycles.